The Morgan fingerprint density at radius 2 is 2.05 bits per heavy atom. The zero-order valence-corrected chi connectivity index (χ0v) is 13.1. The van der Waals surface area contributed by atoms with Crippen LogP contribution < -0.4 is 5.32 Å². The van der Waals surface area contributed by atoms with Gasteiger partial charge in [-0.2, -0.15) is 0 Å². The van der Waals surface area contributed by atoms with E-state index >= 15 is 0 Å². The van der Waals surface area contributed by atoms with E-state index in [9.17, 15) is 4.79 Å². The summed E-state index contributed by atoms with van der Waals surface area (Å²) in [5, 5.41) is 4.02. The average Bonchev–Trinajstić information content (AvgIpc) is 2.47. The number of benzene rings is 1. The van der Waals surface area contributed by atoms with Gasteiger partial charge in [-0.25, -0.2) is 0 Å². The van der Waals surface area contributed by atoms with Gasteiger partial charge in [-0.05, 0) is 36.5 Å². The number of hydrogen-bond donors (Lipinski definition) is 1. The first-order chi connectivity index (χ1) is 9.22. The Bertz CT molecular complexity index is 415. The molecule has 1 N–H and O–H groups in total. The highest BCUT2D eigenvalue weighted by molar-refractivity contribution is 9.08. The highest BCUT2D eigenvalue weighted by Crippen LogP contribution is 2.26. The molecule has 2 rings (SSSR count). The van der Waals surface area contributed by atoms with E-state index < -0.39 is 0 Å². The molecule has 2 unspecified atom stereocenters. The number of amides is 1. The first-order valence-electron chi connectivity index (χ1n) is 7.18. The van der Waals surface area contributed by atoms with Gasteiger partial charge in [0.15, 0.2) is 0 Å². The molecule has 1 aromatic rings. The van der Waals surface area contributed by atoms with Crippen LogP contribution >= 0.6 is 15.9 Å². The summed E-state index contributed by atoms with van der Waals surface area (Å²) in [7, 11) is 0. The van der Waals surface area contributed by atoms with E-state index in [1.54, 1.807) is 0 Å². The van der Waals surface area contributed by atoms with Gasteiger partial charge in [0.05, 0.1) is 0 Å². The van der Waals surface area contributed by atoms with Crippen LogP contribution in [0.2, 0.25) is 0 Å². The summed E-state index contributed by atoms with van der Waals surface area (Å²) < 4.78 is 0. The number of alkyl halides is 1. The molecule has 1 aliphatic rings. The minimum atomic E-state index is 0.0721. The van der Waals surface area contributed by atoms with Crippen molar-refractivity contribution in [1.29, 1.82) is 0 Å². The molecule has 19 heavy (non-hydrogen) atoms. The predicted molar refractivity (Wildman–Crippen MR) is 82.6 cm³/mol. The van der Waals surface area contributed by atoms with Crippen LogP contribution in [0, 0.1) is 5.92 Å². The van der Waals surface area contributed by atoms with Crippen molar-refractivity contribution >= 4 is 21.8 Å². The monoisotopic (exact) mass is 323 g/mol. The van der Waals surface area contributed by atoms with E-state index in [4.69, 9.17) is 0 Å². The lowest BCUT2D eigenvalue weighted by Gasteiger charge is -2.29. The van der Waals surface area contributed by atoms with Crippen molar-refractivity contribution in [1.82, 2.24) is 5.32 Å². The van der Waals surface area contributed by atoms with Gasteiger partial charge in [-0.3, -0.25) is 4.79 Å². The third kappa shape index (κ3) is 4.07. The second-order valence-electron chi connectivity index (χ2n) is 5.44. The van der Waals surface area contributed by atoms with Crippen LogP contribution in [0.25, 0.3) is 0 Å². The Morgan fingerprint density at radius 3 is 2.68 bits per heavy atom. The maximum atomic E-state index is 12.2. The van der Waals surface area contributed by atoms with E-state index in [1.165, 1.54) is 24.8 Å². The van der Waals surface area contributed by atoms with Crippen molar-refractivity contribution in [3.63, 3.8) is 0 Å². The fourth-order valence-electron chi connectivity index (χ4n) is 2.81. The van der Waals surface area contributed by atoms with E-state index in [0.29, 0.717) is 6.04 Å². The molecule has 1 fully saturated rings. The molecule has 0 radical (unpaired) electrons. The number of nitrogens with one attached hydrogen (secondary N) is 1. The zero-order valence-electron chi connectivity index (χ0n) is 11.5. The molecule has 104 valence electrons. The number of carbonyl (C=O) groups excluding carboxylic acids is 1. The molecular weight excluding hydrogens is 302 g/mol. The lowest BCUT2D eigenvalue weighted by atomic mass is 9.84. The standard InChI is InChI=1S/C16H22BrNO/c1-2-12-4-3-5-15(10-12)18-16(19)14-8-6-13(11-17)7-9-14/h6-9,12,15H,2-5,10-11H2,1H3,(H,18,19). The molecule has 2 nitrogen and oxygen atoms in total. The van der Waals surface area contributed by atoms with Crippen LogP contribution in [0.4, 0.5) is 0 Å². The molecule has 1 aliphatic carbocycles. The summed E-state index contributed by atoms with van der Waals surface area (Å²) in [5.74, 6) is 0.859. The number of hydrogen-bond acceptors (Lipinski definition) is 1. The smallest absolute Gasteiger partial charge is 0.251 e. The van der Waals surface area contributed by atoms with Crippen molar-refractivity contribution in [2.45, 2.75) is 50.4 Å². The molecule has 1 aromatic carbocycles. The summed E-state index contributed by atoms with van der Waals surface area (Å²) in [6.07, 6.45) is 6.06. The number of rotatable bonds is 4. The lowest BCUT2D eigenvalue weighted by Crippen LogP contribution is -2.38. The lowest BCUT2D eigenvalue weighted by molar-refractivity contribution is 0.0919. The molecule has 3 heteroatoms. The number of carbonyl (C=O) groups is 1. The molecule has 0 aromatic heterocycles. The Balaban J connectivity index is 1.92. The van der Waals surface area contributed by atoms with Crippen LogP contribution in [0.1, 0.15) is 54.9 Å². The third-order valence-electron chi connectivity index (χ3n) is 4.07. The van der Waals surface area contributed by atoms with Crippen LogP contribution in [-0.2, 0) is 5.33 Å². The Labute approximate surface area is 124 Å². The van der Waals surface area contributed by atoms with Gasteiger partial charge in [-0.1, -0.05) is 54.2 Å². The van der Waals surface area contributed by atoms with E-state index in [-0.39, 0.29) is 5.91 Å². The molecular formula is C16H22BrNO. The normalized spacial score (nSPS) is 23.1. The van der Waals surface area contributed by atoms with Gasteiger partial charge in [-0.15, -0.1) is 0 Å². The fraction of sp³-hybridized carbons (Fsp3) is 0.562. The summed E-state index contributed by atoms with van der Waals surface area (Å²) in [6, 6.07) is 8.18. The maximum absolute atomic E-state index is 12.2. The molecule has 2 atom stereocenters. The minimum Gasteiger partial charge on any atom is -0.349 e. The quantitative estimate of drug-likeness (QED) is 0.823. The van der Waals surface area contributed by atoms with Crippen molar-refractivity contribution in [3.05, 3.63) is 35.4 Å². The molecule has 0 bridgehead atoms. The summed E-state index contributed by atoms with van der Waals surface area (Å²) in [5.41, 5.74) is 1.96. The SMILES string of the molecule is CCC1CCCC(NC(=O)c2ccc(CBr)cc2)C1. The molecule has 0 saturated heterocycles. The highest BCUT2D eigenvalue weighted by Gasteiger charge is 2.22. The van der Waals surface area contributed by atoms with Crippen molar-refractivity contribution < 1.29 is 4.79 Å². The summed E-state index contributed by atoms with van der Waals surface area (Å²) >= 11 is 3.41. The van der Waals surface area contributed by atoms with E-state index in [0.717, 1.165) is 29.7 Å². The first-order valence-corrected chi connectivity index (χ1v) is 8.30. The van der Waals surface area contributed by atoms with Crippen LogP contribution in [0.15, 0.2) is 24.3 Å². The van der Waals surface area contributed by atoms with Crippen molar-refractivity contribution in [2.24, 2.45) is 5.92 Å². The van der Waals surface area contributed by atoms with Gasteiger partial charge < -0.3 is 5.32 Å². The first kappa shape index (κ1) is 14.6. The predicted octanol–water partition coefficient (Wildman–Crippen LogP) is 4.28. The van der Waals surface area contributed by atoms with Crippen molar-refractivity contribution in [3.8, 4) is 0 Å². The fourth-order valence-corrected chi connectivity index (χ4v) is 3.18. The van der Waals surface area contributed by atoms with Crippen LogP contribution in [-0.4, -0.2) is 11.9 Å². The molecule has 0 aliphatic heterocycles. The van der Waals surface area contributed by atoms with Gasteiger partial charge >= 0.3 is 0 Å². The van der Waals surface area contributed by atoms with Gasteiger partial charge in [0.2, 0.25) is 0 Å². The topological polar surface area (TPSA) is 29.1 Å². The Hall–Kier alpha value is -0.830. The second-order valence-corrected chi connectivity index (χ2v) is 6.00. The van der Waals surface area contributed by atoms with Gasteiger partial charge in [0.25, 0.3) is 5.91 Å². The van der Waals surface area contributed by atoms with E-state index in [1.807, 2.05) is 24.3 Å². The molecule has 0 spiro atoms. The molecule has 1 saturated carbocycles. The van der Waals surface area contributed by atoms with Crippen LogP contribution in [0.5, 0.6) is 0 Å². The Kier molecular flexibility index (Phi) is 5.44. The van der Waals surface area contributed by atoms with E-state index in [2.05, 4.69) is 28.2 Å². The van der Waals surface area contributed by atoms with Crippen LogP contribution in [0.3, 0.4) is 0 Å². The van der Waals surface area contributed by atoms with Gasteiger partial charge in [0, 0.05) is 16.9 Å². The second kappa shape index (κ2) is 7.09. The zero-order chi connectivity index (χ0) is 13.7. The minimum absolute atomic E-state index is 0.0721. The summed E-state index contributed by atoms with van der Waals surface area (Å²) in [4.78, 5) is 12.2. The van der Waals surface area contributed by atoms with Gasteiger partial charge in [0.1, 0.15) is 0 Å². The average molecular weight is 324 g/mol. The molecule has 0 heterocycles. The maximum Gasteiger partial charge on any atom is 0.251 e. The third-order valence-corrected chi connectivity index (χ3v) is 4.71. The number of halogens is 1. The largest absolute Gasteiger partial charge is 0.349 e. The van der Waals surface area contributed by atoms with Crippen molar-refractivity contribution in [2.75, 3.05) is 0 Å². The highest BCUT2D eigenvalue weighted by atomic mass is 79.9. The molecule has 1 amide bonds. The Morgan fingerprint density at radius 1 is 1.32 bits per heavy atom. The summed E-state index contributed by atoms with van der Waals surface area (Å²) in [6.45, 7) is 2.24.